The van der Waals surface area contributed by atoms with E-state index in [9.17, 15) is 0 Å². The predicted molar refractivity (Wildman–Crippen MR) is 77.0 cm³/mol. The van der Waals surface area contributed by atoms with Gasteiger partial charge < -0.3 is 9.73 Å². The van der Waals surface area contributed by atoms with Crippen molar-refractivity contribution in [3.8, 4) is 0 Å². The second-order valence-electron chi connectivity index (χ2n) is 6.25. The van der Waals surface area contributed by atoms with Crippen LogP contribution in [0.4, 0.5) is 0 Å². The molecule has 0 aromatic carbocycles. The topological polar surface area (TPSA) is 28.4 Å². The van der Waals surface area contributed by atoms with Gasteiger partial charge in [0.25, 0.3) is 0 Å². The van der Waals surface area contributed by atoms with Gasteiger partial charge in [0.15, 0.2) is 0 Å². The van der Waals surface area contributed by atoms with Crippen molar-refractivity contribution in [2.75, 3.05) is 13.1 Å². The number of likely N-dealkylation sites (tertiary alicyclic amines) is 1. The Morgan fingerprint density at radius 3 is 2.89 bits per heavy atom. The summed E-state index contributed by atoms with van der Waals surface area (Å²) >= 11 is 0. The largest absolute Gasteiger partial charge is 0.465 e. The summed E-state index contributed by atoms with van der Waals surface area (Å²) in [5.74, 6) is 3.13. The van der Waals surface area contributed by atoms with E-state index in [1.54, 1.807) is 0 Å². The van der Waals surface area contributed by atoms with Crippen LogP contribution in [0.1, 0.15) is 49.7 Å². The highest BCUT2D eigenvalue weighted by Crippen LogP contribution is 2.24. The summed E-state index contributed by atoms with van der Waals surface area (Å²) < 4.78 is 5.92. The van der Waals surface area contributed by atoms with Crippen molar-refractivity contribution >= 4 is 0 Å². The Morgan fingerprint density at radius 2 is 2.21 bits per heavy atom. The van der Waals surface area contributed by atoms with Gasteiger partial charge in [-0.2, -0.15) is 0 Å². The van der Waals surface area contributed by atoms with Crippen LogP contribution in [0.15, 0.2) is 10.5 Å². The second kappa shape index (κ2) is 5.68. The Hall–Kier alpha value is -0.800. The van der Waals surface area contributed by atoms with Crippen molar-refractivity contribution in [1.29, 1.82) is 0 Å². The average molecular weight is 262 g/mol. The lowest BCUT2D eigenvalue weighted by Crippen LogP contribution is -2.19. The summed E-state index contributed by atoms with van der Waals surface area (Å²) in [6.07, 6.45) is 5.35. The van der Waals surface area contributed by atoms with Gasteiger partial charge in [-0.05, 0) is 44.7 Å². The normalized spacial score (nSPS) is 24.2. The summed E-state index contributed by atoms with van der Waals surface area (Å²) in [5, 5.41) is 3.56. The van der Waals surface area contributed by atoms with Crippen molar-refractivity contribution in [2.24, 2.45) is 5.92 Å². The number of furan rings is 1. The molecule has 3 nitrogen and oxygen atoms in total. The van der Waals surface area contributed by atoms with Gasteiger partial charge in [-0.1, -0.05) is 13.3 Å². The molecule has 1 aliphatic heterocycles. The van der Waals surface area contributed by atoms with E-state index in [1.165, 1.54) is 44.3 Å². The minimum absolute atomic E-state index is 0.765. The number of nitrogens with one attached hydrogen (secondary N) is 1. The van der Waals surface area contributed by atoms with E-state index < -0.39 is 0 Å². The van der Waals surface area contributed by atoms with Gasteiger partial charge in [0, 0.05) is 24.7 Å². The molecule has 19 heavy (non-hydrogen) atoms. The van der Waals surface area contributed by atoms with E-state index in [4.69, 9.17) is 4.42 Å². The summed E-state index contributed by atoms with van der Waals surface area (Å²) in [7, 11) is 0. The molecule has 1 saturated heterocycles. The Morgan fingerprint density at radius 1 is 1.37 bits per heavy atom. The van der Waals surface area contributed by atoms with Gasteiger partial charge in [-0.15, -0.1) is 0 Å². The predicted octanol–water partition coefficient (Wildman–Crippen LogP) is 3.07. The molecule has 1 atom stereocenters. The smallest absolute Gasteiger partial charge is 0.118 e. The Balaban J connectivity index is 1.54. The fourth-order valence-corrected chi connectivity index (χ4v) is 2.99. The molecule has 2 fully saturated rings. The summed E-state index contributed by atoms with van der Waals surface area (Å²) in [5.41, 5.74) is 1.34. The molecule has 2 aliphatic rings. The minimum atomic E-state index is 0.765. The summed E-state index contributed by atoms with van der Waals surface area (Å²) in [4.78, 5) is 2.53. The maximum absolute atomic E-state index is 5.92. The first-order valence-electron chi connectivity index (χ1n) is 7.78. The summed E-state index contributed by atoms with van der Waals surface area (Å²) in [6.45, 7) is 8.82. The van der Waals surface area contributed by atoms with Crippen molar-refractivity contribution in [3.05, 3.63) is 23.2 Å². The highest BCUT2D eigenvalue weighted by atomic mass is 16.3. The first-order chi connectivity index (χ1) is 9.24. The van der Waals surface area contributed by atoms with Crippen LogP contribution in [0.25, 0.3) is 0 Å². The zero-order valence-corrected chi connectivity index (χ0v) is 12.2. The lowest BCUT2D eigenvalue weighted by Gasteiger charge is -2.13. The van der Waals surface area contributed by atoms with Crippen LogP contribution in [-0.2, 0) is 13.1 Å². The molecule has 0 amide bonds. The minimum Gasteiger partial charge on any atom is -0.465 e. The Bertz CT molecular complexity index is 422. The molecule has 1 unspecified atom stereocenters. The van der Waals surface area contributed by atoms with E-state index >= 15 is 0 Å². The quantitative estimate of drug-likeness (QED) is 0.854. The van der Waals surface area contributed by atoms with Crippen LogP contribution in [0, 0.1) is 12.8 Å². The zero-order valence-electron chi connectivity index (χ0n) is 12.2. The van der Waals surface area contributed by atoms with E-state index in [0.717, 1.165) is 36.6 Å². The third kappa shape index (κ3) is 3.40. The van der Waals surface area contributed by atoms with Crippen molar-refractivity contribution < 1.29 is 4.42 Å². The van der Waals surface area contributed by atoms with E-state index in [1.807, 2.05) is 0 Å². The number of nitrogens with zero attached hydrogens (tertiary/aromatic N) is 1. The third-order valence-corrected chi connectivity index (χ3v) is 4.56. The van der Waals surface area contributed by atoms with Crippen LogP contribution >= 0.6 is 0 Å². The van der Waals surface area contributed by atoms with Crippen molar-refractivity contribution in [2.45, 2.75) is 58.7 Å². The molecule has 106 valence electrons. The van der Waals surface area contributed by atoms with Crippen molar-refractivity contribution in [3.63, 3.8) is 0 Å². The van der Waals surface area contributed by atoms with E-state index in [2.05, 4.69) is 30.1 Å². The van der Waals surface area contributed by atoms with Gasteiger partial charge in [-0.3, -0.25) is 4.90 Å². The van der Waals surface area contributed by atoms with Gasteiger partial charge in [-0.25, -0.2) is 0 Å². The number of hydrogen-bond donors (Lipinski definition) is 1. The molecule has 1 N–H and O–H groups in total. The molecular formula is C16H26N2O. The van der Waals surface area contributed by atoms with Gasteiger partial charge >= 0.3 is 0 Å². The standard InChI is InChI=1S/C16H26N2O/c1-3-13-6-7-18(10-13)11-16-8-14(12(2)19-16)9-17-15-4-5-15/h8,13,15,17H,3-7,9-11H2,1-2H3. The summed E-state index contributed by atoms with van der Waals surface area (Å²) in [6, 6.07) is 3.02. The van der Waals surface area contributed by atoms with Gasteiger partial charge in [0.2, 0.25) is 0 Å². The molecule has 0 spiro atoms. The lowest BCUT2D eigenvalue weighted by atomic mass is 10.1. The van der Waals surface area contributed by atoms with Crippen LogP contribution in [0.5, 0.6) is 0 Å². The maximum Gasteiger partial charge on any atom is 0.118 e. The average Bonchev–Trinajstić information content (AvgIpc) is 3.01. The maximum atomic E-state index is 5.92. The molecule has 3 heteroatoms. The van der Waals surface area contributed by atoms with Crippen LogP contribution < -0.4 is 5.32 Å². The van der Waals surface area contributed by atoms with Crippen LogP contribution in [-0.4, -0.2) is 24.0 Å². The molecule has 0 radical (unpaired) electrons. The zero-order chi connectivity index (χ0) is 13.2. The highest BCUT2D eigenvalue weighted by Gasteiger charge is 2.23. The fraction of sp³-hybridized carbons (Fsp3) is 0.750. The first-order valence-corrected chi connectivity index (χ1v) is 7.78. The monoisotopic (exact) mass is 262 g/mol. The number of hydrogen-bond acceptors (Lipinski definition) is 3. The molecule has 1 aromatic heterocycles. The second-order valence-corrected chi connectivity index (χ2v) is 6.25. The van der Waals surface area contributed by atoms with E-state index in [0.29, 0.717) is 0 Å². The number of rotatable bonds is 6. The first kappa shape index (κ1) is 13.2. The van der Waals surface area contributed by atoms with Crippen molar-refractivity contribution in [1.82, 2.24) is 10.2 Å². The van der Waals surface area contributed by atoms with Gasteiger partial charge in [0.1, 0.15) is 11.5 Å². The lowest BCUT2D eigenvalue weighted by molar-refractivity contribution is 0.283. The Kier molecular flexibility index (Phi) is 3.94. The SMILES string of the molecule is CCC1CCN(Cc2cc(CNC3CC3)c(C)o2)C1. The molecule has 1 aromatic rings. The molecule has 3 rings (SSSR count). The Labute approximate surface area is 116 Å². The molecule has 2 heterocycles. The molecule has 1 aliphatic carbocycles. The third-order valence-electron chi connectivity index (χ3n) is 4.56. The number of aryl methyl sites for hydroxylation is 1. The van der Waals surface area contributed by atoms with E-state index in [-0.39, 0.29) is 0 Å². The molecular weight excluding hydrogens is 236 g/mol. The molecule has 0 bridgehead atoms. The van der Waals surface area contributed by atoms with Crippen LogP contribution in [0.3, 0.4) is 0 Å². The van der Waals surface area contributed by atoms with Crippen LogP contribution in [0.2, 0.25) is 0 Å². The van der Waals surface area contributed by atoms with Gasteiger partial charge in [0.05, 0.1) is 6.54 Å². The molecule has 1 saturated carbocycles. The fourth-order valence-electron chi connectivity index (χ4n) is 2.99. The highest BCUT2D eigenvalue weighted by molar-refractivity contribution is 5.21.